The Balaban J connectivity index is 1.57. The van der Waals surface area contributed by atoms with Crippen molar-refractivity contribution in [2.75, 3.05) is 13.1 Å². The number of halogens is 3. The summed E-state index contributed by atoms with van der Waals surface area (Å²) in [6.45, 7) is 3.18. The molecule has 28 heavy (non-hydrogen) atoms. The molecule has 2 aliphatic heterocycles. The molecule has 0 spiro atoms. The van der Waals surface area contributed by atoms with Gasteiger partial charge in [-0.1, -0.05) is 12.1 Å². The van der Waals surface area contributed by atoms with Crippen LogP contribution in [0.25, 0.3) is 0 Å². The summed E-state index contributed by atoms with van der Waals surface area (Å²) in [6.07, 6.45) is -4.45. The third-order valence-electron chi connectivity index (χ3n) is 4.79. The van der Waals surface area contributed by atoms with Crippen LogP contribution in [-0.4, -0.2) is 43.4 Å². The quantitative estimate of drug-likeness (QED) is 0.593. The first-order chi connectivity index (χ1) is 13.2. The van der Waals surface area contributed by atoms with E-state index in [0.717, 1.165) is 25.1 Å². The number of rotatable bonds is 5. The fourth-order valence-electron chi connectivity index (χ4n) is 3.21. The average Bonchev–Trinajstić information content (AvgIpc) is 3.13. The van der Waals surface area contributed by atoms with Crippen molar-refractivity contribution in [3.05, 3.63) is 35.4 Å². The first kappa shape index (κ1) is 20.6. The van der Waals surface area contributed by atoms with Crippen molar-refractivity contribution < 1.29 is 27.5 Å². The normalized spacial score (nSPS) is 26.6. The molecule has 7 nitrogen and oxygen atoms in total. The van der Waals surface area contributed by atoms with E-state index in [9.17, 15) is 22.8 Å². The Labute approximate surface area is 160 Å². The van der Waals surface area contributed by atoms with Gasteiger partial charge in [-0.3, -0.25) is 14.9 Å². The molecule has 1 aromatic carbocycles. The lowest BCUT2D eigenvalue weighted by Gasteiger charge is -2.32. The van der Waals surface area contributed by atoms with Gasteiger partial charge in [0.2, 0.25) is 11.8 Å². The molecule has 0 aliphatic carbocycles. The van der Waals surface area contributed by atoms with Crippen molar-refractivity contribution in [1.82, 2.24) is 21.3 Å². The van der Waals surface area contributed by atoms with E-state index >= 15 is 0 Å². The lowest BCUT2D eigenvalue weighted by molar-refractivity contribution is -0.142. The topological polar surface area (TPSA) is 91.5 Å². The predicted octanol–water partition coefficient (Wildman–Crippen LogP) is 1.02. The highest BCUT2D eigenvalue weighted by atomic mass is 19.4. The summed E-state index contributed by atoms with van der Waals surface area (Å²) >= 11 is 0. The second-order valence-electron chi connectivity index (χ2n) is 6.97. The van der Waals surface area contributed by atoms with E-state index < -0.39 is 36.1 Å². The standard InChI is InChI=1S/C18H23F3N4O3/c1-10(11-2-4-12(5-3-11)18(19,20)21)23-16(27)14-8-15(26)25-17(24-14)28-13-6-7-22-9-13/h2-5,10,13-14,17,22,24H,6-9H2,1H3,(H,23,27)(H,25,26). The summed E-state index contributed by atoms with van der Waals surface area (Å²) in [6, 6.07) is 3.31. The van der Waals surface area contributed by atoms with Gasteiger partial charge in [0.05, 0.1) is 30.2 Å². The minimum Gasteiger partial charge on any atom is -0.348 e. The Bertz CT molecular complexity index is 705. The summed E-state index contributed by atoms with van der Waals surface area (Å²) in [5, 5.41) is 11.5. The predicted molar refractivity (Wildman–Crippen MR) is 93.8 cm³/mol. The number of carbonyl (C=O) groups excluding carboxylic acids is 2. The van der Waals surface area contributed by atoms with Crippen LogP contribution in [0.4, 0.5) is 13.2 Å². The first-order valence-electron chi connectivity index (χ1n) is 9.11. The van der Waals surface area contributed by atoms with Gasteiger partial charge in [-0.25, -0.2) is 0 Å². The van der Waals surface area contributed by atoms with Crippen molar-refractivity contribution in [3.8, 4) is 0 Å². The number of hydrogen-bond acceptors (Lipinski definition) is 5. The average molecular weight is 400 g/mol. The fraction of sp³-hybridized carbons (Fsp3) is 0.556. The van der Waals surface area contributed by atoms with Crippen LogP contribution < -0.4 is 21.3 Å². The first-order valence-corrected chi connectivity index (χ1v) is 9.11. The van der Waals surface area contributed by atoms with Gasteiger partial charge in [0, 0.05) is 6.54 Å². The number of ether oxygens (including phenoxy) is 1. The van der Waals surface area contributed by atoms with Crippen LogP contribution in [0.5, 0.6) is 0 Å². The summed E-state index contributed by atoms with van der Waals surface area (Å²) in [4.78, 5) is 24.5. The molecule has 4 N–H and O–H groups in total. The van der Waals surface area contributed by atoms with E-state index in [1.807, 2.05) is 0 Å². The van der Waals surface area contributed by atoms with Crippen molar-refractivity contribution in [1.29, 1.82) is 0 Å². The molecule has 2 saturated heterocycles. The van der Waals surface area contributed by atoms with E-state index in [-0.39, 0.29) is 18.4 Å². The van der Waals surface area contributed by atoms with E-state index in [2.05, 4.69) is 21.3 Å². The molecule has 0 saturated carbocycles. The maximum Gasteiger partial charge on any atom is 0.416 e. The van der Waals surface area contributed by atoms with Crippen LogP contribution in [0, 0.1) is 0 Å². The molecule has 2 fully saturated rings. The highest BCUT2D eigenvalue weighted by Gasteiger charge is 2.34. The van der Waals surface area contributed by atoms with E-state index in [4.69, 9.17) is 4.74 Å². The van der Waals surface area contributed by atoms with Gasteiger partial charge in [-0.15, -0.1) is 0 Å². The Kier molecular flexibility index (Phi) is 6.21. The maximum atomic E-state index is 12.7. The summed E-state index contributed by atoms with van der Waals surface area (Å²) in [7, 11) is 0. The van der Waals surface area contributed by atoms with Gasteiger partial charge in [0.25, 0.3) is 0 Å². The number of benzene rings is 1. The molecule has 0 aromatic heterocycles. The molecular formula is C18H23F3N4O3. The van der Waals surface area contributed by atoms with Gasteiger partial charge in [0.1, 0.15) is 0 Å². The number of hydrogen-bond donors (Lipinski definition) is 4. The van der Waals surface area contributed by atoms with Crippen LogP contribution in [-0.2, 0) is 20.5 Å². The summed E-state index contributed by atoms with van der Waals surface area (Å²) in [5.74, 6) is -0.725. The molecule has 4 atom stereocenters. The summed E-state index contributed by atoms with van der Waals surface area (Å²) < 4.78 is 43.7. The Hall–Kier alpha value is -2.17. The molecule has 154 valence electrons. The largest absolute Gasteiger partial charge is 0.416 e. The van der Waals surface area contributed by atoms with Crippen LogP contribution in [0.15, 0.2) is 24.3 Å². The second kappa shape index (κ2) is 8.46. The minimum absolute atomic E-state index is 0.0473. The number of nitrogens with one attached hydrogen (secondary N) is 4. The van der Waals surface area contributed by atoms with Crippen molar-refractivity contribution >= 4 is 11.8 Å². The van der Waals surface area contributed by atoms with Gasteiger partial charge in [-0.05, 0) is 37.6 Å². The molecule has 2 aliphatic rings. The van der Waals surface area contributed by atoms with Crippen molar-refractivity contribution in [2.45, 2.75) is 50.5 Å². The molecule has 2 amide bonds. The summed E-state index contributed by atoms with van der Waals surface area (Å²) in [5.41, 5.74) is -0.215. The Morgan fingerprint density at radius 3 is 2.61 bits per heavy atom. The van der Waals surface area contributed by atoms with E-state index in [0.29, 0.717) is 12.1 Å². The third-order valence-corrected chi connectivity index (χ3v) is 4.79. The molecular weight excluding hydrogens is 377 g/mol. The van der Waals surface area contributed by atoms with E-state index in [1.54, 1.807) is 6.92 Å². The molecule has 2 heterocycles. The van der Waals surface area contributed by atoms with Crippen molar-refractivity contribution in [3.63, 3.8) is 0 Å². The second-order valence-corrected chi connectivity index (χ2v) is 6.97. The molecule has 4 unspecified atom stereocenters. The zero-order valence-corrected chi connectivity index (χ0v) is 15.3. The van der Waals surface area contributed by atoms with Crippen LogP contribution in [0.3, 0.4) is 0 Å². The Morgan fingerprint density at radius 2 is 2.00 bits per heavy atom. The number of amides is 2. The molecule has 10 heteroatoms. The van der Waals surface area contributed by atoms with Crippen LogP contribution in [0.1, 0.15) is 36.9 Å². The minimum atomic E-state index is -4.41. The number of carbonyl (C=O) groups is 2. The lowest BCUT2D eigenvalue weighted by Crippen LogP contribution is -2.62. The van der Waals surface area contributed by atoms with Crippen LogP contribution in [0.2, 0.25) is 0 Å². The molecule has 3 rings (SSSR count). The smallest absolute Gasteiger partial charge is 0.348 e. The van der Waals surface area contributed by atoms with Gasteiger partial charge >= 0.3 is 6.18 Å². The molecule has 0 bridgehead atoms. The van der Waals surface area contributed by atoms with Crippen molar-refractivity contribution in [2.24, 2.45) is 0 Å². The molecule has 0 radical (unpaired) electrons. The van der Waals surface area contributed by atoms with E-state index in [1.165, 1.54) is 12.1 Å². The number of alkyl halides is 3. The monoisotopic (exact) mass is 400 g/mol. The highest BCUT2D eigenvalue weighted by Crippen LogP contribution is 2.29. The zero-order valence-electron chi connectivity index (χ0n) is 15.3. The highest BCUT2D eigenvalue weighted by molar-refractivity contribution is 5.89. The maximum absolute atomic E-state index is 12.7. The van der Waals surface area contributed by atoms with Gasteiger partial charge in [-0.2, -0.15) is 13.2 Å². The van der Waals surface area contributed by atoms with Crippen LogP contribution >= 0.6 is 0 Å². The third kappa shape index (κ3) is 5.21. The SMILES string of the molecule is CC(NC(=O)C1CC(=O)NC(OC2CCNC2)N1)c1ccc(C(F)(F)F)cc1. The fourth-order valence-corrected chi connectivity index (χ4v) is 3.21. The zero-order chi connectivity index (χ0) is 20.3. The van der Waals surface area contributed by atoms with Gasteiger partial charge < -0.3 is 20.7 Å². The molecule has 1 aromatic rings. The van der Waals surface area contributed by atoms with Gasteiger partial charge in [0.15, 0.2) is 6.35 Å². The Morgan fingerprint density at radius 1 is 1.29 bits per heavy atom. The lowest BCUT2D eigenvalue weighted by atomic mass is 10.0.